The molecule has 4 heteroatoms. The zero-order valence-corrected chi connectivity index (χ0v) is 8.90. The summed E-state index contributed by atoms with van der Waals surface area (Å²) in [5.41, 5.74) is 0. The molecule has 14 heavy (non-hydrogen) atoms. The van der Waals surface area contributed by atoms with Crippen LogP contribution in [-0.4, -0.2) is 27.8 Å². The molecular formula is C10H19N3O. The van der Waals surface area contributed by atoms with Gasteiger partial charge in [-0.25, -0.2) is 4.98 Å². The second-order valence-electron chi connectivity index (χ2n) is 3.39. The predicted octanol–water partition coefficient (Wildman–Crippen LogP) is 0.843. The van der Waals surface area contributed by atoms with Crippen LogP contribution in [0.4, 0.5) is 0 Å². The van der Waals surface area contributed by atoms with E-state index in [1.165, 1.54) is 0 Å². The van der Waals surface area contributed by atoms with E-state index in [0.29, 0.717) is 6.04 Å². The van der Waals surface area contributed by atoms with E-state index < -0.39 is 0 Å². The maximum absolute atomic E-state index is 8.68. The highest BCUT2D eigenvalue weighted by molar-refractivity contribution is 4.98. The largest absolute Gasteiger partial charge is 0.396 e. The van der Waals surface area contributed by atoms with Gasteiger partial charge in [0.2, 0.25) is 0 Å². The summed E-state index contributed by atoms with van der Waals surface area (Å²) in [7, 11) is 2.00. The average molecular weight is 197 g/mol. The predicted molar refractivity (Wildman–Crippen MR) is 55.9 cm³/mol. The van der Waals surface area contributed by atoms with Gasteiger partial charge in [-0.1, -0.05) is 6.92 Å². The van der Waals surface area contributed by atoms with Crippen LogP contribution in [0.3, 0.4) is 0 Å². The molecule has 0 amide bonds. The first-order valence-corrected chi connectivity index (χ1v) is 5.11. The van der Waals surface area contributed by atoms with Crippen molar-refractivity contribution < 1.29 is 5.11 Å². The maximum Gasteiger partial charge on any atom is 0.125 e. The van der Waals surface area contributed by atoms with E-state index in [-0.39, 0.29) is 6.61 Å². The number of aliphatic hydroxyl groups excluding tert-OH is 1. The standard InChI is InChI=1S/C10H19N3O/c1-3-9(11-5-4-8-14)10-12-6-7-13(10)2/h6-7,9,11,14H,3-5,8H2,1-2H3. The van der Waals surface area contributed by atoms with E-state index in [9.17, 15) is 0 Å². The first-order chi connectivity index (χ1) is 6.79. The fourth-order valence-electron chi connectivity index (χ4n) is 1.49. The van der Waals surface area contributed by atoms with E-state index in [4.69, 9.17) is 5.11 Å². The van der Waals surface area contributed by atoms with Crippen LogP contribution in [0.25, 0.3) is 0 Å². The third-order valence-corrected chi connectivity index (χ3v) is 2.30. The Hall–Kier alpha value is -0.870. The molecular weight excluding hydrogens is 178 g/mol. The summed E-state index contributed by atoms with van der Waals surface area (Å²) < 4.78 is 2.03. The Morgan fingerprint density at radius 2 is 2.43 bits per heavy atom. The van der Waals surface area contributed by atoms with Crippen molar-refractivity contribution in [1.82, 2.24) is 14.9 Å². The molecule has 0 aliphatic carbocycles. The van der Waals surface area contributed by atoms with Gasteiger partial charge in [0.25, 0.3) is 0 Å². The third kappa shape index (κ3) is 2.82. The molecule has 0 radical (unpaired) electrons. The quantitative estimate of drug-likeness (QED) is 0.664. The molecule has 1 atom stereocenters. The van der Waals surface area contributed by atoms with Gasteiger partial charge in [0.05, 0.1) is 6.04 Å². The fourth-order valence-corrected chi connectivity index (χ4v) is 1.49. The third-order valence-electron chi connectivity index (χ3n) is 2.30. The molecule has 0 saturated heterocycles. The molecule has 4 nitrogen and oxygen atoms in total. The van der Waals surface area contributed by atoms with Crippen molar-refractivity contribution in [3.05, 3.63) is 18.2 Å². The van der Waals surface area contributed by atoms with E-state index in [2.05, 4.69) is 17.2 Å². The molecule has 1 unspecified atom stereocenters. The van der Waals surface area contributed by atoms with Gasteiger partial charge in [-0.3, -0.25) is 0 Å². The SMILES string of the molecule is CCC(NCCCO)c1nccn1C. The molecule has 0 aliphatic rings. The van der Waals surface area contributed by atoms with Gasteiger partial charge >= 0.3 is 0 Å². The van der Waals surface area contributed by atoms with Crippen molar-refractivity contribution in [2.75, 3.05) is 13.2 Å². The van der Waals surface area contributed by atoms with Crippen LogP contribution in [0.2, 0.25) is 0 Å². The van der Waals surface area contributed by atoms with Crippen molar-refractivity contribution >= 4 is 0 Å². The monoisotopic (exact) mass is 197 g/mol. The molecule has 0 fully saturated rings. The normalized spacial score (nSPS) is 13.1. The van der Waals surface area contributed by atoms with E-state index in [0.717, 1.165) is 25.2 Å². The Morgan fingerprint density at radius 3 is 2.93 bits per heavy atom. The summed E-state index contributed by atoms with van der Waals surface area (Å²) in [5, 5.41) is 12.0. The van der Waals surface area contributed by atoms with Gasteiger partial charge in [-0.2, -0.15) is 0 Å². The van der Waals surface area contributed by atoms with Gasteiger partial charge in [0.1, 0.15) is 5.82 Å². The van der Waals surface area contributed by atoms with E-state index >= 15 is 0 Å². The Kier molecular flexibility index (Phi) is 4.62. The number of rotatable bonds is 6. The topological polar surface area (TPSA) is 50.1 Å². The lowest BCUT2D eigenvalue weighted by molar-refractivity contribution is 0.282. The lowest BCUT2D eigenvalue weighted by Gasteiger charge is -2.16. The summed E-state index contributed by atoms with van der Waals surface area (Å²) in [6.45, 7) is 3.21. The number of aryl methyl sites for hydroxylation is 1. The van der Waals surface area contributed by atoms with Crippen LogP contribution >= 0.6 is 0 Å². The van der Waals surface area contributed by atoms with Crippen LogP contribution in [0.5, 0.6) is 0 Å². The Labute approximate surface area is 85.0 Å². The van der Waals surface area contributed by atoms with Crippen LogP contribution < -0.4 is 5.32 Å². The molecule has 1 aromatic rings. The minimum atomic E-state index is 0.240. The Morgan fingerprint density at radius 1 is 1.64 bits per heavy atom. The van der Waals surface area contributed by atoms with Crippen molar-refractivity contribution in [3.63, 3.8) is 0 Å². The summed E-state index contributed by atoms with van der Waals surface area (Å²) in [4.78, 5) is 4.30. The Balaban J connectivity index is 2.50. The average Bonchev–Trinajstić information content (AvgIpc) is 2.60. The van der Waals surface area contributed by atoms with Gasteiger partial charge in [0.15, 0.2) is 0 Å². The minimum Gasteiger partial charge on any atom is -0.396 e. The number of imidazole rings is 1. The number of nitrogens with zero attached hydrogens (tertiary/aromatic N) is 2. The molecule has 0 aliphatic heterocycles. The summed E-state index contributed by atoms with van der Waals surface area (Å²) in [6, 6.07) is 0.293. The first-order valence-electron chi connectivity index (χ1n) is 5.11. The van der Waals surface area contributed by atoms with E-state index in [1.807, 2.05) is 24.0 Å². The maximum atomic E-state index is 8.68. The highest BCUT2D eigenvalue weighted by Crippen LogP contribution is 2.12. The highest BCUT2D eigenvalue weighted by atomic mass is 16.3. The number of aromatic nitrogens is 2. The molecule has 0 bridgehead atoms. The lowest BCUT2D eigenvalue weighted by Crippen LogP contribution is -2.25. The molecule has 0 aromatic carbocycles. The molecule has 1 aromatic heterocycles. The number of hydrogen-bond donors (Lipinski definition) is 2. The second kappa shape index (κ2) is 5.78. The van der Waals surface area contributed by atoms with E-state index in [1.54, 1.807) is 0 Å². The molecule has 0 saturated carbocycles. The van der Waals surface area contributed by atoms with Crippen molar-refractivity contribution in [1.29, 1.82) is 0 Å². The van der Waals surface area contributed by atoms with Gasteiger partial charge in [-0.15, -0.1) is 0 Å². The summed E-state index contributed by atoms with van der Waals surface area (Å²) >= 11 is 0. The molecule has 1 rings (SSSR count). The molecule has 0 spiro atoms. The van der Waals surface area contributed by atoms with Crippen LogP contribution in [0.1, 0.15) is 31.6 Å². The van der Waals surface area contributed by atoms with Gasteiger partial charge < -0.3 is 15.0 Å². The molecule has 2 N–H and O–H groups in total. The molecule has 80 valence electrons. The fraction of sp³-hybridized carbons (Fsp3) is 0.700. The Bertz CT molecular complexity index is 260. The summed E-state index contributed by atoms with van der Waals surface area (Å²) in [5.74, 6) is 1.06. The zero-order valence-electron chi connectivity index (χ0n) is 8.90. The smallest absolute Gasteiger partial charge is 0.125 e. The number of nitrogens with one attached hydrogen (secondary N) is 1. The second-order valence-corrected chi connectivity index (χ2v) is 3.39. The zero-order chi connectivity index (χ0) is 10.4. The van der Waals surface area contributed by atoms with Crippen LogP contribution in [-0.2, 0) is 7.05 Å². The first kappa shape index (κ1) is 11.2. The van der Waals surface area contributed by atoms with Crippen molar-refractivity contribution in [3.8, 4) is 0 Å². The highest BCUT2D eigenvalue weighted by Gasteiger charge is 2.11. The lowest BCUT2D eigenvalue weighted by atomic mass is 10.2. The van der Waals surface area contributed by atoms with Gasteiger partial charge in [0, 0.05) is 26.0 Å². The number of hydrogen-bond acceptors (Lipinski definition) is 3. The minimum absolute atomic E-state index is 0.240. The van der Waals surface area contributed by atoms with Crippen LogP contribution in [0.15, 0.2) is 12.4 Å². The molecule has 1 heterocycles. The number of aliphatic hydroxyl groups is 1. The van der Waals surface area contributed by atoms with Crippen molar-refractivity contribution in [2.45, 2.75) is 25.8 Å². The summed E-state index contributed by atoms with van der Waals surface area (Å²) in [6.07, 6.45) is 5.56. The van der Waals surface area contributed by atoms with Crippen LogP contribution in [0, 0.1) is 0 Å². The van der Waals surface area contributed by atoms with Crippen molar-refractivity contribution in [2.24, 2.45) is 7.05 Å². The van der Waals surface area contributed by atoms with Gasteiger partial charge in [-0.05, 0) is 19.4 Å².